The van der Waals surface area contributed by atoms with Gasteiger partial charge in [-0.15, -0.1) is 0 Å². The van der Waals surface area contributed by atoms with Crippen molar-refractivity contribution in [2.24, 2.45) is 5.73 Å². The van der Waals surface area contributed by atoms with Crippen molar-refractivity contribution in [1.82, 2.24) is 0 Å². The van der Waals surface area contributed by atoms with Crippen LogP contribution in [0.5, 0.6) is 0 Å². The van der Waals surface area contributed by atoms with Crippen LogP contribution in [0.25, 0.3) is 0 Å². The Morgan fingerprint density at radius 3 is 2.33 bits per heavy atom. The number of rotatable bonds is 2. The van der Waals surface area contributed by atoms with Crippen LogP contribution in [0, 0.1) is 23.5 Å². The molecule has 0 aromatic heterocycles. The third-order valence-electron chi connectivity index (χ3n) is 1.80. The summed E-state index contributed by atoms with van der Waals surface area (Å²) in [6, 6.07) is 2.19. The van der Waals surface area contributed by atoms with E-state index in [0.717, 1.165) is 12.1 Å². The van der Waals surface area contributed by atoms with Crippen LogP contribution < -0.4 is 5.73 Å². The van der Waals surface area contributed by atoms with Gasteiger partial charge in [0.25, 0.3) is 0 Å². The molecule has 80 valence electrons. The summed E-state index contributed by atoms with van der Waals surface area (Å²) in [4.78, 5) is 0. The number of hydrogen-bond donors (Lipinski definition) is 2. The minimum Gasteiger partial charge on any atom is -0.391 e. The Morgan fingerprint density at radius 2 is 1.87 bits per heavy atom. The van der Waals surface area contributed by atoms with Crippen LogP contribution in [0.4, 0.5) is 8.78 Å². The van der Waals surface area contributed by atoms with Gasteiger partial charge in [-0.1, -0.05) is 11.8 Å². The van der Waals surface area contributed by atoms with E-state index in [0.29, 0.717) is 13.0 Å². The SMILES string of the molecule is NCCC#Cc1cc(F)c(CO)c(F)c1. The van der Waals surface area contributed by atoms with Gasteiger partial charge in [0.1, 0.15) is 11.6 Å². The zero-order valence-electron chi connectivity index (χ0n) is 8.06. The van der Waals surface area contributed by atoms with Crippen molar-refractivity contribution in [1.29, 1.82) is 0 Å². The summed E-state index contributed by atoms with van der Waals surface area (Å²) >= 11 is 0. The van der Waals surface area contributed by atoms with Crippen LogP contribution in [0.3, 0.4) is 0 Å². The molecule has 0 aliphatic rings. The van der Waals surface area contributed by atoms with E-state index in [-0.39, 0.29) is 11.1 Å². The average Bonchev–Trinajstić information content (AvgIpc) is 2.18. The van der Waals surface area contributed by atoms with Crippen molar-refractivity contribution < 1.29 is 13.9 Å². The van der Waals surface area contributed by atoms with Gasteiger partial charge in [0.05, 0.1) is 6.61 Å². The largest absolute Gasteiger partial charge is 0.391 e. The highest BCUT2D eigenvalue weighted by Gasteiger charge is 2.08. The second kappa shape index (κ2) is 5.44. The first-order chi connectivity index (χ1) is 7.19. The molecule has 0 atom stereocenters. The zero-order valence-corrected chi connectivity index (χ0v) is 8.06. The number of hydrogen-bond acceptors (Lipinski definition) is 2. The van der Waals surface area contributed by atoms with Crippen molar-refractivity contribution in [3.05, 3.63) is 34.9 Å². The molecule has 3 N–H and O–H groups in total. The average molecular weight is 211 g/mol. The third-order valence-corrected chi connectivity index (χ3v) is 1.80. The highest BCUT2D eigenvalue weighted by Crippen LogP contribution is 2.14. The summed E-state index contributed by atoms with van der Waals surface area (Å²) in [5.41, 5.74) is 5.13. The van der Waals surface area contributed by atoms with Crippen LogP contribution >= 0.6 is 0 Å². The van der Waals surface area contributed by atoms with Gasteiger partial charge in [-0.3, -0.25) is 0 Å². The molecule has 0 unspecified atom stereocenters. The van der Waals surface area contributed by atoms with Gasteiger partial charge in [0.2, 0.25) is 0 Å². The van der Waals surface area contributed by atoms with E-state index in [4.69, 9.17) is 10.8 Å². The molecule has 0 radical (unpaired) electrons. The van der Waals surface area contributed by atoms with Crippen molar-refractivity contribution in [2.45, 2.75) is 13.0 Å². The highest BCUT2D eigenvalue weighted by molar-refractivity contribution is 5.37. The number of benzene rings is 1. The molecule has 15 heavy (non-hydrogen) atoms. The Hall–Kier alpha value is -1.44. The standard InChI is InChI=1S/C11H11F2NO/c12-10-5-8(3-1-2-4-14)6-11(13)9(10)7-15/h5-6,15H,2,4,7,14H2. The monoisotopic (exact) mass is 211 g/mol. The van der Waals surface area contributed by atoms with Gasteiger partial charge in [-0.25, -0.2) is 8.78 Å². The van der Waals surface area contributed by atoms with Crippen molar-refractivity contribution >= 4 is 0 Å². The molecule has 0 spiro atoms. The lowest BCUT2D eigenvalue weighted by molar-refractivity contribution is 0.269. The Balaban J connectivity index is 3.00. The van der Waals surface area contributed by atoms with Gasteiger partial charge < -0.3 is 10.8 Å². The summed E-state index contributed by atoms with van der Waals surface area (Å²) < 4.78 is 26.3. The van der Waals surface area contributed by atoms with Gasteiger partial charge >= 0.3 is 0 Å². The number of aliphatic hydroxyl groups is 1. The van der Waals surface area contributed by atoms with E-state index >= 15 is 0 Å². The van der Waals surface area contributed by atoms with E-state index in [1.807, 2.05) is 0 Å². The predicted octanol–water partition coefficient (Wildman–Crippen LogP) is 1.16. The van der Waals surface area contributed by atoms with Gasteiger partial charge in [-0.2, -0.15) is 0 Å². The molecule has 4 heteroatoms. The Labute approximate surface area is 86.7 Å². The molecule has 0 saturated carbocycles. The van der Waals surface area contributed by atoms with Crippen molar-refractivity contribution in [2.75, 3.05) is 6.54 Å². The lowest BCUT2D eigenvalue weighted by atomic mass is 10.1. The highest BCUT2D eigenvalue weighted by atomic mass is 19.1. The fourth-order valence-electron chi connectivity index (χ4n) is 1.06. The summed E-state index contributed by atoms with van der Waals surface area (Å²) in [6.07, 6.45) is 0.477. The maximum absolute atomic E-state index is 13.1. The predicted molar refractivity (Wildman–Crippen MR) is 52.8 cm³/mol. The minimum atomic E-state index is -0.783. The third kappa shape index (κ3) is 3.01. The van der Waals surface area contributed by atoms with Crippen molar-refractivity contribution in [3.8, 4) is 11.8 Å². The molecule has 1 rings (SSSR count). The first-order valence-electron chi connectivity index (χ1n) is 4.46. The van der Waals surface area contributed by atoms with E-state index in [1.54, 1.807) is 0 Å². The van der Waals surface area contributed by atoms with Crippen LogP contribution in [-0.2, 0) is 6.61 Å². The van der Waals surface area contributed by atoms with Gasteiger partial charge in [-0.05, 0) is 12.1 Å². The first kappa shape index (κ1) is 11.6. The first-order valence-corrected chi connectivity index (χ1v) is 4.46. The number of nitrogens with two attached hydrogens (primary N) is 1. The number of halogens is 2. The molecular weight excluding hydrogens is 200 g/mol. The van der Waals surface area contributed by atoms with Crippen molar-refractivity contribution in [3.63, 3.8) is 0 Å². The lowest BCUT2D eigenvalue weighted by Crippen LogP contribution is -1.97. The molecule has 0 aliphatic heterocycles. The van der Waals surface area contributed by atoms with Gasteiger partial charge in [0, 0.05) is 24.1 Å². The van der Waals surface area contributed by atoms with Crippen LogP contribution in [0.1, 0.15) is 17.5 Å². The molecule has 0 heterocycles. The summed E-state index contributed by atoms with van der Waals surface area (Å²) in [6.45, 7) is -0.249. The second-order valence-corrected chi connectivity index (χ2v) is 2.92. The second-order valence-electron chi connectivity index (χ2n) is 2.92. The fourth-order valence-corrected chi connectivity index (χ4v) is 1.06. The molecule has 0 fully saturated rings. The lowest BCUT2D eigenvalue weighted by Gasteiger charge is -2.01. The fraction of sp³-hybridized carbons (Fsp3) is 0.273. The Kier molecular flexibility index (Phi) is 4.22. The maximum atomic E-state index is 13.1. The molecule has 1 aromatic carbocycles. The molecule has 0 bridgehead atoms. The summed E-state index contributed by atoms with van der Waals surface area (Å²) in [7, 11) is 0. The molecule has 0 amide bonds. The Morgan fingerprint density at radius 1 is 1.27 bits per heavy atom. The molecule has 0 saturated heterocycles. The van der Waals surface area contributed by atoms with Gasteiger partial charge in [0.15, 0.2) is 0 Å². The molecular formula is C11H11F2NO. The molecule has 2 nitrogen and oxygen atoms in total. The van der Waals surface area contributed by atoms with E-state index in [9.17, 15) is 8.78 Å². The quantitative estimate of drug-likeness (QED) is 0.721. The smallest absolute Gasteiger partial charge is 0.132 e. The zero-order chi connectivity index (χ0) is 11.3. The Bertz CT molecular complexity index is 384. The van der Waals surface area contributed by atoms with E-state index in [2.05, 4.69) is 11.8 Å². The van der Waals surface area contributed by atoms with Crippen LogP contribution in [-0.4, -0.2) is 11.7 Å². The van der Waals surface area contributed by atoms with Crippen LogP contribution in [0.15, 0.2) is 12.1 Å². The normalized spacial score (nSPS) is 9.60. The summed E-state index contributed by atoms with van der Waals surface area (Å²) in [5, 5.41) is 8.67. The maximum Gasteiger partial charge on any atom is 0.132 e. The van der Waals surface area contributed by atoms with E-state index < -0.39 is 18.2 Å². The van der Waals surface area contributed by atoms with E-state index in [1.165, 1.54) is 0 Å². The summed E-state index contributed by atoms with van der Waals surface area (Å²) in [5.74, 6) is 3.69. The number of aliphatic hydroxyl groups excluding tert-OH is 1. The molecule has 1 aromatic rings. The molecule has 0 aliphatic carbocycles. The minimum absolute atomic E-state index is 0.246. The topological polar surface area (TPSA) is 46.2 Å². The van der Waals surface area contributed by atoms with Crippen LogP contribution in [0.2, 0.25) is 0 Å².